The van der Waals surface area contributed by atoms with Crippen molar-refractivity contribution in [3.63, 3.8) is 0 Å². The van der Waals surface area contributed by atoms with E-state index in [1.165, 1.54) is 25.7 Å². The zero-order chi connectivity index (χ0) is 16.5. The zero-order valence-electron chi connectivity index (χ0n) is 16.1. The monoisotopic (exact) mass is 328 g/mol. The second-order valence-electron chi connectivity index (χ2n) is 10.1. The van der Waals surface area contributed by atoms with Crippen molar-refractivity contribution in [3.8, 4) is 0 Å². The van der Waals surface area contributed by atoms with Gasteiger partial charge in [0.1, 0.15) is 0 Å². The average molecular weight is 329 g/mol. The van der Waals surface area contributed by atoms with E-state index in [0.29, 0.717) is 0 Å². The highest BCUT2D eigenvalue weighted by atomic mass is 14.5. The third kappa shape index (κ3) is 3.78. The van der Waals surface area contributed by atoms with Gasteiger partial charge in [-0.25, -0.2) is 0 Å². The van der Waals surface area contributed by atoms with Gasteiger partial charge in [0.05, 0.1) is 0 Å². The third-order valence-electron chi connectivity index (χ3n) is 8.89. The summed E-state index contributed by atoms with van der Waals surface area (Å²) in [4.78, 5) is 0. The Kier molecular flexibility index (Phi) is 5.40. The van der Waals surface area contributed by atoms with Crippen LogP contribution >= 0.6 is 0 Å². The van der Waals surface area contributed by atoms with E-state index < -0.39 is 0 Å². The maximum absolute atomic E-state index is 4.01. The summed E-state index contributed by atoms with van der Waals surface area (Å²) in [6, 6.07) is 0. The van der Waals surface area contributed by atoms with Crippen LogP contribution in [0.3, 0.4) is 0 Å². The van der Waals surface area contributed by atoms with Gasteiger partial charge in [-0.05, 0) is 131 Å². The molecule has 0 aromatic rings. The standard InChI is InChI=1S/C24H40/c1-3-18-4-6-19(7-5-18)20-8-10-21(11-9-20)22-12-14-23(15-13-22)24-16-17(24)2/h3,17-24H,1,4-16H2,2H3. The molecule has 4 aliphatic carbocycles. The molecule has 4 aliphatic rings. The molecule has 136 valence electrons. The number of hydrogen-bond donors (Lipinski definition) is 0. The molecule has 0 saturated heterocycles. The fraction of sp³-hybridized carbons (Fsp3) is 0.917. The lowest BCUT2D eigenvalue weighted by Gasteiger charge is -2.41. The van der Waals surface area contributed by atoms with Crippen LogP contribution in [-0.2, 0) is 0 Å². The van der Waals surface area contributed by atoms with E-state index in [4.69, 9.17) is 0 Å². The minimum atomic E-state index is 0.835. The summed E-state index contributed by atoms with van der Waals surface area (Å²) in [6.07, 6.45) is 22.2. The second-order valence-corrected chi connectivity index (χ2v) is 10.1. The quantitative estimate of drug-likeness (QED) is 0.477. The summed E-state index contributed by atoms with van der Waals surface area (Å²) < 4.78 is 0. The summed E-state index contributed by atoms with van der Waals surface area (Å²) in [5, 5.41) is 0. The van der Waals surface area contributed by atoms with Crippen molar-refractivity contribution >= 4 is 0 Å². The minimum absolute atomic E-state index is 0.835. The molecule has 0 N–H and O–H groups in total. The van der Waals surface area contributed by atoms with E-state index in [2.05, 4.69) is 19.6 Å². The summed E-state index contributed by atoms with van der Waals surface area (Å²) in [5.41, 5.74) is 0. The minimum Gasteiger partial charge on any atom is -0.103 e. The largest absolute Gasteiger partial charge is 0.103 e. The van der Waals surface area contributed by atoms with Crippen LogP contribution < -0.4 is 0 Å². The lowest BCUT2D eigenvalue weighted by atomic mass is 9.65. The fourth-order valence-electron chi connectivity index (χ4n) is 6.99. The highest BCUT2D eigenvalue weighted by molar-refractivity contribution is 4.92. The Balaban J connectivity index is 1.19. The molecular formula is C24H40. The molecule has 0 aliphatic heterocycles. The smallest absolute Gasteiger partial charge is 0.0236 e. The first kappa shape index (κ1) is 17.2. The lowest BCUT2D eigenvalue weighted by molar-refractivity contribution is 0.105. The predicted molar refractivity (Wildman–Crippen MR) is 104 cm³/mol. The molecule has 2 atom stereocenters. The summed E-state index contributed by atoms with van der Waals surface area (Å²) in [7, 11) is 0. The first-order chi connectivity index (χ1) is 11.7. The van der Waals surface area contributed by atoms with E-state index in [-0.39, 0.29) is 0 Å². The molecule has 0 amide bonds. The van der Waals surface area contributed by atoms with Crippen LogP contribution in [0.25, 0.3) is 0 Å². The van der Waals surface area contributed by atoms with Gasteiger partial charge >= 0.3 is 0 Å². The molecule has 0 radical (unpaired) electrons. The summed E-state index contributed by atoms with van der Waals surface area (Å²) in [5.74, 6) is 8.50. The van der Waals surface area contributed by atoms with Gasteiger partial charge in [0, 0.05) is 0 Å². The summed E-state index contributed by atoms with van der Waals surface area (Å²) >= 11 is 0. The van der Waals surface area contributed by atoms with Crippen molar-refractivity contribution in [3.05, 3.63) is 12.7 Å². The molecule has 0 spiro atoms. The van der Waals surface area contributed by atoms with Crippen LogP contribution in [0.15, 0.2) is 12.7 Å². The molecule has 2 unspecified atom stereocenters. The Bertz CT molecular complexity index is 400. The van der Waals surface area contributed by atoms with Crippen molar-refractivity contribution in [1.29, 1.82) is 0 Å². The Morgan fingerprint density at radius 3 is 1.25 bits per heavy atom. The molecule has 0 heterocycles. The molecule has 0 nitrogen and oxygen atoms in total. The van der Waals surface area contributed by atoms with Crippen molar-refractivity contribution in [1.82, 2.24) is 0 Å². The van der Waals surface area contributed by atoms with Crippen LogP contribution in [-0.4, -0.2) is 0 Å². The van der Waals surface area contributed by atoms with Crippen molar-refractivity contribution in [2.75, 3.05) is 0 Å². The van der Waals surface area contributed by atoms with Gasteiger partial charge in [0.2, 0.25) is 0 Å². The average Bonchev–Trinajstić information content (AvgIpc) is 3.39. The van der Waals surface area contributed by atoms with Crippen LogP contribution in [0.5, 0.6) is 0 Å². The summed E-state index contributed by atoms with van der Waals surface area (Å²) in [6.45, 7) is 6.48. The Morgan fingerprint density at radius 1 is 0.583 bits per heavy atom. The number of hydrogen-bond acceptors (Lipinski definition) is 0. The van der Waals surface area contributed by atoms with Crippen molar-refractivity contribution in [2.45, 2.75) is 90.4 Å². The van der Waals surface area contributed by atoms with Crippen LogP contribution in [0.1, 0.15) is 90.4 Å². The van der Waals surface area contributed by atoms with Gasteiger partial charge in [-0.2, -0.15) is 0 Å². The first-order valence-corrected chi connectivity index (χ1v) is 11.4. The molecule has 0 aromatic heterocycles. The van der Waals surface area contributed by atoms with Gasteiger partial charge in [0.25, 0.3) is 0 Å². The van der Waals surface area contributed by atoms with E-state index in [0.717, 1.165) is 47.3 Å². The van der Waals surface area contributed by atoms with Crippen LogP contribution in [0, 0.1) is 47.3 Å². The molecule has 4 fully saturated rings. The predicted octanol–water partition coefficient (Wildman–Crippen LogP) is 7.25. The molecule has 4 saturated carbocycles. The van der Waals surface area contributed by atoms with E-state index >= 15 is 0 Å². The zero-order valence-corrected chi connectivity index (χ0v) is 16.1. The Hall–Kier alpha value is -0.260. The normalized spacial score (nSPS) is 49.5. The molecule has 0 aromatic carbocycles. The molecule has 0 heteroatoms. The van der Waals surface area contributed by atoms with Gasteiger partial charge in [-0.3, -0.25) is 0 Å². The maximum Gasteiger partial charge on any atom is -0.0236 e. The Labute approximate surface area is 150 Å². The van der Waals surface area contributed by atoms with Crippen LogP contribution in [0.2, 0.25) is 0 Å². The topological polar surface area (TPSA) is 0 Å². The Morgan fingerprint density at radius 2 is 0.917 bits per heavy atom. The first-order valence-electron chi connectivity index (χ1n) is 11.4. The second kappa shape index (κ2) is 7.55. The number of rotatable bonds is 4. The van der Waals surface area contributed by atoms with Gasteiger partial charge < -0.3 is 0 Å². The highest BCUT2D eigenvalue weighted by Gasteiger charge is 2.42. The molecule has 4 rings (SSSR count). The molecule has 0 bridgehead atoms. The van der Waals surface area contributed by atoms with Gasteiger partial charge in [0.15, 0.2) is 0 Å². The lowest BCUT2D eigenvalue weighted by Crippen LogP contribution is -2.30. The third-order valence-corrected chi connectivity index (χ3v) is 8.89. The van der Waals surface area contributed by atoms with Crippen molar-refractivity contribution < 1.29 is 0 Å². The van der Waals surface area contributed by atoms with E-state index in [1.807, 2.05) is 0 Å². The van der Waals surface area contributed by atoms with E-state index in [1.54, 1.807) is 57.8 Å². The number of allylic oxidation sites excluding steroid dienone is 1. The molecular weight excluding hydrogens is 288 g/mol. The van der Waals surface area contributed by atoms with Crippen LogP contribution in [0.4, 0.5) is 0 Å². The van der Waals surface area contributed by atoms with Gasteiger partial charge in [-0.15, -0.1) is 6.58 Å². The van der Waals surface area contributed by atoms with E-state index in [9.17, 15) is 0 Å². The van der Waals surface area contributed by atoms with Crippen molar-refractivity contribution in [2.24, 2.45) is 47.3 Å². The SMILES string of the molecule is C=CC1CCC(C2CCC(C3CCC(C4CC4C)CC3)CC2)CC1. The highest BCUT2D eigenvalue weighted by Crippen LogP contribution is 2.52. The fourth-order valence-corrected chi connectivity index (χ4v) is 6.99. The maximum atomic E-state index is 4.01. The van der Waals surface area contributed by atoms with Gasteiger partial charge in [-0.1, -0.05) is 13.0 Å². The molecule has 24 heavy (non-hydrogen) atoms.